The van der Waals surface area contributed by atoms with E-state index in [4.69, 9.17) is 4.74 Å². The van der Waals surface area contributed by atoms with Gasteiger partial charge in [0.15, 0.2) is 0 Å². The molecule has 3 rings (SSSR count). The molecule has 2 heterocycles. The molecule has 0 radical (unpaired) electrons. The van der Waals surface area contributed by atoms with E-state index < -0.39 is 9.84 Å². The molecule has 0 saturated heterocycles. The number of sulfone groups is 1. The van der Waals surface area contributed by atoms with Crippen LogP contribution >= 0.6 is 11.3 Å². The lowest BCUT2D eigenvalue weighted by molar-refractivity contribution is 0.188. The van der Waals surface area contributed by atoms with Crippen LogP contribution in [0.25, 0.3) is 0 Å². The molecular weight excluding hydrogens is 322 g/mol. The molecule has 6 nitrogen and oxygen atoms in total. The fraction of sp³-hybridized carbons (Fsp3) is 0.429. The van der Waals surface area contributed by atoms with Gasteiger partial charge in [0, 0.05) is 6.26 Å². The van der Waals surface area contributed by atoms with Crippen LogP contribution in [0, 0.1) is 0 Å². The van der Waals surface area contributed by atoms with Crippen LogP contribution in [0.5, 0.6) is 5.75 Å². The van der Waals surface area contributed by atoms with E-state index in [-0.39, 0.29) is 10.4 Å². The first-order valence-corrected chi connectivity index (χ1v) is 9.71. The first-order chi connectivity index (χ1) is 10.5. The molecule has 0 bridgehead atoms. The second-order valence-corrected chi connectivity index (χ2v) is 8.48. The van der Waals surface area contributed by atoms with Crippen molar-refractivity contribution in [2.75, 3.05) is 17.7 Å². The van der Waals surface area contributed by atoms with Crippen LogP contribution in [-0.4, -0.2) is 37.5 Å². The van der Waals surface area contributed by atoms with Crippen LogP contribution < -0.4 is 9.64 Å². The van der Waals surface area contributed by atoms with Crippen molar-refractivity contribution in [1.29, 1.82) is 0 Å². The largest absolute Gasteiger partial charge is 0.486 e. The standard InChI is InChI=1S/C14H17N3O3S2/c1-3-10-8-17(11-6-4-5-7-12(11)20-10)9-13-15-16-14(21-13)22(2,18)19/h4-7,10H,3,8-9H2,1-2H3/t10-/m0/s1. The first-order valence-electron chi connectivity index (χ1n) is 7.00. The van der Waals surface area contributed by atoms with Crippen LogP contribution in [0.15, 0.2) is 28.6 Å². The van der Waals surface area contributed by atoms with Crippen LogP contribution in [-0.2, 0) is 16.4 Å². The lowest BCUT2D eigenvalue weighted by Crippen LogP contribution is -2.39. The highest BCUT2D eigenvalue weighted by molar-refractivity contribution is 7.92. The molecule has 0 N–H and O–H groups in total. The molecule has 0 amide bonds. The second-order valence-electron chi connectivity index (χ2n) is 5.23. The van der Waals surface area contributed by atoms with Gasteiger partial charge < -0.3 is 9.64 Å². The Balaban J connectivity index is 1.87. The number of para-hydroxylation sites is 2. The van der Waals surface area contributed by atoms with Gasteiger partial charge in [-0.25, -0.2) is 8.42 Å². The number of nitrogens with zero attached hydrogens (tertiary/aromatic N) is 3. The molecule has 0 aliphatic carbocycles. The Morgan fingerprint density at radius 3 is 2.82 bits per heavy atom. The number of hydrogen-bond donors (Lipinski definition) is 0. The Morgan fingerprint density at radius 1 is 1.36 bits per heavy atom. The van der Waals surface area contributed by atoms with Gasteiger partial charge in [-0.15, -0.1) is 10.2 Å². The van der Waals surface area contributed by atoms with Crippen molar-refractivity contribution in [2.24, 2.45) is 0 Å². The number of benzene rings is 1. The van der Waals surface area contributed by atoms with E-state index in [1.54, 1.807) is 0 Å². The van der Waals surface area contributed by atoms with Crippen molar-refractivity contribution < 1.29 is 13.2 Å². The number of fused-ring (bicyclic) bond motifs is 1. The minimum atomic E-state index is -3.30. The summed E-state index contributed by atoms with van der Waals surface area (Å²) in [4.78, 5) is 2.17. The highest BCUT2D eigenvalue weighted by atomic mass is 32.2. The summed E-state index contributed by atoms with van der Waals surface area (Å²) in [5.74, 6) is 0.855. The van der Waals surface area contributed by atoms with Gasteiger partial charge in [0.05, 0.1) is 18.8 Å². The van der Waals surface area contributed by atoms with E-state index in [1.807, 2.05) is 24.3 Å². The van der Waals surface area contributed by atoms with E-state index in [1.165, 1.54) is 0 Å². The van der Waals surface area contributed by atoms with Gasteiger partial charge in [0.2, 0.25) is 14.2 Å². The molecule has 0 spiro atoms. The Bertz CT molecular complexity index is 773. The van der Waals surface area contributed by atoms with E-state index >= 15 is 0 Å². The zero-order valence-electron chi connectivity index (χ0n) is 12.4. The van der Waals surface area contributed by atoms with E-state index in [9.17, 15) is 8.42 Å². The predicted molar refractivity (Wildman–Crippen MR) is 85.2 cm³/mol. The summed E-state index contributed by atoms with van der Waals surface area (Å²) in [6.45, 7) is 3.37. The fourth-order valence-electron chi connectivity index (χ4n) is 2.36. The average Bonchev–Trinajstić information content (AvgIpc) is 2.96. The van der Waals surface area contributed by atoms with Gasteiger partial charge in [-0.3, -0.25) is 0 Å². The summed E-state index contributed by atoms with van der Waals surface area (Å²) < 4.78 is 29.0. The zero-order chi connectivity index (χ0) is 15.7. The van der Waals surface area contributed by atoms with Crippen molar-refractivity contribution in [3.8, 4) is 5.75 Å². The van der Waals surface area contributed by atoms with Gasteiger partial charge in [0.1, 0.15) is 16.9 Å². The Hall–Kier alpha value is -1.67. The minimum absolute atomic E-state index is 0.0658. The molecule has 0 fully saturated rings. The van der Waals surface area contributed by atoms with Crippen molar-refractivity contribution >= 4 is 26.9 Å². The van der Waals surface area contributed by atoms with Crippen LogP contribution in [0.3, 0.4) is 0 Å². The Morgan fingerprint density at radius 2 is 2.14 bits per heavy atom. The number of rotatable bonds is 4. The monoisotopic (exact) mass is 339 g/mol. The maximum absolute atomic E-state index is 11.5. The van der Waals surface area contributed by atoms with E-state index in [2.05, 4.69) is 22.0 Å². The number of ether oxygens (including phenoxy) is 1. The molecule has 0 unspecified atom stereocenters. The van der Waals surface area contributed by atoms with Crippen molar-refractivity contribution in [1.82, 2.24) is 10.2 Å². The minimum Gasteiger partial charge on any atom is -0.486 e. The van der Waals surface area contributed by atoms with Gasteiger partial charge in [-0.2, -0.15) is 0 Å². The molecule has 1 aromatic heterocycles. The van der Waals surface area contributed by atoms with Crippen LogP contribution in [0.1, 0.15) is 18.4 Å². The summed E-state index contributed by atoms with van der Waals surface area (Å²) in [6.07, 6.45) is 2.18. The maximum atomic E-state index is 11.5. The molecule has 1 atom stereocenters. The molecule has 1 aromatic carbocycles. The van der Waals surface area contributed by atoms with Crippen LogP contribution in [0.4, 0.5) is 5.69 Å². The fourth-order valence-corrected chi connectivity index (χ4v) is 4.02. The second kappa shape index (κ2) is 5.85. The Kier molecular flexibility index (Phi) is 4.05. The van der Waals surface area contributed by atoms with E-state index in [0.29, 0.717) is 11.6 Å². The third-order valence-corrected chi connectivity index (χ3v) is 6.05. The number of aromatic nitrogens is 2. The predicted octanol–water partition coefficient (Wildman–Crippen LogP) is 2.12. The number of anilines is 1. The molecule has 1 aliphatic rings. The van der Waals surface area contributed by atoms with Gasteiger partial charge >= 0.3 is 0 Å². The SMILES string of the molecule is CC[C@H]1CN(Cc2nnc(S(C)(=O)=O)s2)c2ccccc2O1. The highest BCUT2D eigenvalue weighted by Gasteiger charge is 2.25. The third kappa shape index (κ3) is 3.07. The summed E-state index contributed by atoms with van der Waals surface area (Å²) in [5, 5.41) is 8.47. The normalized spacial score (nSPS) is 17.9. The summed E-state index contributed by atoms with van der Waals surface area (Å²) in [5.41, 5.74) is 1.00. The molecule has 8 heteroatoms. The quantitative estimate of drug-likeness (QED) is 0.849. The van der Waals surface area contributed by atoms with Crippen molar-refractivity contribution in [2.45, 2.75) is 30.3 Å². The Labute approximate surface area is 133 Å². The van der Waals surface area contributed by atoms with E-state index in [0.717, 1.165) is 42.0 Å². The van der Waals surface area contributed by atoms with Crippen molar-refractivity contribution in [3.63, 3.8) is 0 Å². The summed E-state index contributed by atoms with van der Waals surface area (Å²) in [7, 11) is -3.30. The summed E-state index contributed by atoms with van der Waals surface area (Å²) >= 11 is 1.12. The average molecular weight is 339 g/mol. The topological polar surface area (TPSA) is 72.4 Å². The lowest BCUT2D eigenvalue weighted by atomic mass is 10.1. The molecule has 2 aromatic rings. The maximum Gasteiger partial charge on any atom is 0.232 e. The molecule has 22 heavy (non-hydrogen) atoms. The zero-order valence-corrected chi connectivity index (χ0v) is 14.0. The highest BCUT2D eigenvalue weighted by Crippen LogP contribution is 2.35. The van der Waals surface area contributed by atoms with Crippen LogP contribution in [0.2, 0.25) is 0 Å². The first kappa shape index (κ1) is 15.2. The van der Waals surface area contributed by atoms with Gasteiger partial charge in [-0.05, 0) is 18.6 Å². The summed E-state index contributed by atoms with van der Waals surface area (Å²) in [6, 6.07) is 7.86. The van der Waals surface area contributed by atoms with Gasteiger partial charge in [0.25, 0.3) is 0 Å². The van der Waals surface area contributed by atoms with Gasteiger partial charge in [-0.1, -0.05) is 30.4 Å². The molecule has 0 saturated carbocycles. The molecule has 1 aliphatic heterocycles. The smallest absolute Gasteiger partial charge is 0.232 e. The van der Waals surface area contributed by atoms with Crippen molar-refractivity contribution in [3.05, 3.63) is 29.3 Å². The number of hydrogen-bond acceptors (Lipinski definition) is 7. The lowest BCUT2D eigenvalue weighted by Gasteiger charge is -2.35. The third-order valence-electron chi connectivity index (χ3n) is 3.47. The molecule has 118 valence electrons. The molecular formula is C14H17N3O3S2.